The van der Waals surface area contributed by atoms with Crippen molar-refractivity contribution in [2.75, 3.05) is 47.2 Å². The lowest BCUT2D eigenvalue weighted by Gasteiger charge is -2.17. The summed E-state index contributed by atoms with van der Waals surface area (Å²) < 4.78 is 21.1. The van der Waals surface area contributed by atoms with Gasteiger partial charge in [0, 0.05) is 13.7 Å². The smallest absolute Gasteiger partial charge is 0.119 e. The Labute approximate surface area is 114 Å². The lowest BCUT2D eigenvalue weighted by atomic mass is 10.1. The van der Waals surface area contributed by atoms with Gasteiger partial charge in [0.25, 0.3) is 0 Å². The molecule has 2 N–H and O–H groups in total. The molecule has 1 unspecified atom stereocenters. The van der Waals surface area contributed by atoms with Gasteiger partial charge >= 0.3 is 0 Å². The predicted octanol–water partition coefficient (Wildman–Crippen LogP) is 1.37. The number of ether oxygens (including phenoxy) is 4. The summed E-state index contributed by atoms with van der Waals surface area (Å²) in [4.78, 5) is 0. The van der Waals surface area contributed by atoms with Crippen molar-refractivity contribution in [2.24, 2.45) is 5.73 Å². The molecule has 5 heteroatoms. The molecule has 0 amide bonds. The van der Waals surface area contributed by atoms with Crippen LogP contribution in [-0.2, 0) is 14.2 Å². The first-order valence-electron chi connectivity index (χ1n) is 6.34. The van der Waals surface area contributed by atoms with Crippen molar-refractivity contribution in [3.8, 4) is 5.75 Å². The lowest BCUT2D eigenvalue weighted by molar-refractivity contribution is -0.00427. The van der Waals surface area contributed by atoms with Gasteiger partial charge < -0.3 is 24.7 Å². The van der Waals surface area contributed by atoms with E-state index in [4.69, 9.17) is 24.7 Å². The Morgan fingerprint density at radius 2 is 1.89 bits per heavy atom. The first-order valence-corrected chi connectivity index (χ1v) is 6.34. The summed E-state index contributed by atoms with van der Waals surface area (Å²) >= 11 is 0. The molecule has 1 aromatic rings. The van der Waals surface area contributed by atoms with Crippen LogP contribution in [0.3, 0.4) is 0 Å². The van der Waals surface area contributed by atoms with Crippen LogP contribution < -0.4 is 10.5 Å². The molecule has 1 atom stereocenters. The Balaban J connectivity index is 2.35. The van der Waals surface area contributed by atoms with E-state index in [9.17, 15) is 0 Å². The van der Waals surface area contributed by atoms with Crippen molar-refractivity contribution in [2.45, 2.75) is 6.10 Å². The maximum atomic E-state index is 5.73. The van der Waals surface area contributed by atoms with Crippen LogP contribution in [-0.4, -0.2) is 47.2 Å². The van der Waals surface area contributed by atoms with E-state index in [0.717, 1.165) is 11.3 Å². The molecule has 0 aliphatic carbocycles. The molecular formula is C14H23NO4. The van der Waals surface area contributed by atoms with Gasteiger partial charge in [-0.25, -0.2) is 0 Å². The van der Waals surface area contributed by atoms with Gasteiger partial charge in [0.1, 0.15) is 5.75 Å². The van der Waals surface area contributed by atoms with E-state index in [1.54, 1.807) is 14.2 Å². The van der Waals surface area contributed by atoms with E-state index in [1.807, 2.05) is 24.3 Å². The fourth-order valence-electron chi connectivity index (χ4n) is 1.64. The van der Waals surface area contributed by atoms with Crippen LogP contribution in [0, 0.1) is 0 Å². The number of hydrogen-bond donors (Lipinski definition) is 1. The Morgan fingerprint density at radius 3 is 2.58 bits per heavy atom. The minimum atomic E-state index is -0.138. The van der Waals surface area contributed by atoms with Crippen molar-refractivity contribution < 1.29 is 18.9 Å². The van der Waals surface area contributed by atoms with Crippen molar-refractivity contribution >= 4 is 0 Å². The Bertz CT molecular complexity index is 346. The van der Waals surface area contributed by atoms with Crippen LogP contribution >= 0.6 is 0 Å². The zero-order valence-corrected chi connectivity index (χ0v) is 11.6. The number of rotatable bonds is 10. The first-order chi connectivity index (χ1) is 9.31. The average molecular weight is 269 g/mol. The van der Waals surface area contributed by atoms with Crippen molar-refractivity contribution in [3.63, 3.8) is 0 Å². The average Bonchev–Trinajstić information content (AvgIpc) is 2.46. The number of methoxy groups -OCH3 is 2. The topological polar surface area (TPSA) is 62.9 Å². The molecule has 0 aromatic heterocycles. The molecule has 0 bridgehead atoms. The second-order valence-corrected chi connectivity index (χ2v) is 3.98. The van der Waals surface area contributed by atoms with Gasteiger partial charge in [-0.1, -0.05) is 12.1 Å². The lowest BCUT2D eigenvalue weighted by Crippen LogP contribution is -2.18. The molecule has 0 saturated carbocycles. The molecule has 5 nitrogen and oxygen atoms in total. The van der Waals surface area contributed by atoms with Crippen LogP contribution in [0.2, 0.25) is 0 Å². The van der Waals surface area contributed by atoms with E-state index in [0.29, 0.717) is 33.0 Å². The maximum Gasteiger partial charge on any atom is 0.119 e. The second kappa shape index (κ2) is 9.75. The molecule has 0 aliphatic rings. The zero-order valence-electron chi connectivity index (χ0n) is 11.6. The van der Waals surface area contributed by atoms with Gasteiger partial charge in [-0.2, -0.15) is 0 Å². The van der Waals surface area contributed by atoms with Crippen LogP contribution in [0.5, 0.6) is 5.75 Å². The van der Waals surface area contributed by atoms with E-state index in [1.165, 1.54) is 0 Å². The zero-order chi connectivity index (χ0) is 13.9. The summed E-state index contributed by atoms with van der Waals surface area (Å²) in [5, 5.41) is 0. The molecule has 1 rings (SSSR count). The molecule has 0 saturated heterocycles. The van der Waals surface area contributed by atoms with Crippen molar-refractivity contribution in [1.82, 2.24) is 0 Å². The minimum absolute atomic E-state index is 0.138. The predicted molar refractivity (Wildman–Crippen MR) is 73.4 cm³/mol. The van der Waals surface area contributed by atoms with Gasteiger partial charge in [0.05, 0.1) is 39.6 Å². The SMILES string of the molecule is COCCOCCOC(CN)c1cccc(OC)c1. The molecule has 1 aromatic carbocycles. The Morgan fingerprint density at radius 1 is 1.11 bits per heavy atom. The van der Waals surface area contributed by atoms with Crippen molar-refractivity contribution in [3.05, 3.63) is 29.8 Å². The molecule has 0 spiro atoms. The highest BCUT2D eigenvalue weighted by Crippen LogP contribution is 2.21. The molecular weight excluding hydrogens is 246 g/mol. The van der Waals surface area contributed by atoms with E-state index in [2.05, 4.69) is 0 Å². The Hall–Kier alpha value is -1.14. The molecule has 0 heterocycles. The summed E-state index contributed by atoms with van der Waals surface area (Å²) in [6.45, 7) is 2.63. The summed E-state index contributed by atoms with van der Waals surface area (Å²) in [5.74, 6) is 0.802. The summed E-state index contributed by atoms with van der Waals surface area (Å²) in [7, 11) is 3.29. The number of hydrogen-bond acceptors (Lipinski definition) is 5. The van der Waals surface area contributed by atoms with Crippen LogP contribution in [0.15, 0.2) is 24.3 Å². The minimum Gasteiger partial charge on any atom is -0.497 e. The van der Waals surface area contributed by atoms with E-state index >= 15 is 0 Å². The quantitative estimate of drug-likeness (QED) is 0.650. The highest BCUT2D eigenvalue weighted by atomic mass is 16.5. The fourth-order valence-corrected chi connectivity index (χ4v) is 1.64. The van der Waals surface area contributed by atoms with Gasteiger partial charge in [-0.3, -0.25) is 0 Å². The van der Waals surface area contributed by atoms with E-state index < -0.39 is 0 Å². The summed E-state index contributed by atoms with van der Waals surface area (Å²) in [6, 6.07) is 7.73. The number of nitrogens with two attached hydrogens (primary N) is 1. The maximum absolute atomic E-state index is 5.73. The first kappa shape index (κ1) is 15.9. The molecule has 0 radical (unpaired) electrons. The fraction of sp³-hybridized carbons (Fsp3) is 0.571. The van der Waals surface area contributed by atoms with Crippen LogP contribution in [0.4, 0.5) is 0 Å². The Kier molecular flexibility index (Phi) is 8.16. The molecule has 0 aliphatic heterocycles. The highest BCUT2D eigenvalue weighted by molar-refractivity contribution is 5.30. The molecule has 19 heavy (non-hydrogen) atoms. The van der Waals surface area contributed by atoms with Gasteiger partial charge in [0.2, 0.25) is 0 Å². The third kappa shape index (κ3) is 6.02. The van der Waals surface area contributed by atoms with Crippen LogP contribution in [0.25, 0.3) is 0 Å². The third-order valence-electron chi connectivity index (χ3n) is 2.66. The largest absolute Gasteiger partial charge is 0.497 e. The highest BCUT2D eigenvalue weighted by Gasteiger charge is 2.10. The van der Waals surface area contributed by atoms with E-state index in [-0.39, 0.29) is 6.10 Å². The summed E-state index contributed by atoms with van der Waals surface area (Å²) in [6.07, 6.45) is -0.138. The monoisotopic (exact) mass is 269 g/mol. The second-order valence-electron chi connectivity index (χ2n) is 3.98. The normalized spacial score (nSPS) is 12.4. The number of benzene rings is 1. The molecule has 0 fully saturated rings. The third-order valence-corrected chi connectivity index (χ3v) is 2.66. The van der Waals surface area contributed by atoms with Crippen molar-refractivity contribution in [1.29, 1.82) is 0 Å². The van der Waals surface area contributed by atoms with Crippen LogP contribution in [0.1, 0.15) is 11.7 Å². The summed E-state index contributed by atoms with van der Waals surface area (Å²) in [5.41, 5.74) is 6.74. The van der Waals surface area contributed by atoms with Gasteiger partial charge in [-0.05, 0) is 17.7 Å². The molecule has 108 valence electrons. The van der Waals surface area contributed by atoms with Gasteiger partial charge in [-0.15, -0.1) is 0 Å². The standard InChI is InChI=1S/C14H23NO4/c1-16-6-7-18-8-9-19-14(11-15)12-4-3-5-13(10-12)17-2/h3-5,10,14H,6-9,11,15H2,1-2H3. The van der Waals surface area contributed by atoms with Gasteiger partial charge in [0.15, 0.2) is 0 Å².